The molecular formula is C25H50. The van der Waals surface area contributed by atoms with E-state index in [1.54, 1.807) is 0 Å². The van der Waals surface area contributed by atoms with E-state index in [-0.39, 0.29) is 0 Å². The monoisotopic (exact) mass is 350 g/mol. The molecule has 0 saturated heterocycles. The molecule has 0 rings (SSSR count). The van der Waals surface area contributed by atoms with Crippen LogP contribution in [0.4, 0.5) is 0 Å². The van der Waals surface area contributed by atoms with Gasteiger partial charge in [0.05, 0.1) is 0 Å². The lowest BCUT2D eigenvalue weighted by molar-refractivity contribution is 0.312. The number of allylic oxidation sites excluding steroid dienone is 2. The molecule has 0 nitrogen and oxygen atoms in total. The van der Waals surface area contributed by atoms with Crippen molar-refractivity contribution in [2.75, 3.05) is 0 Å². The van der Waals surface area contributed by atoms with Crippen molar-refractivity contribution < 1.29 is 0 Å². The maximum Gasteiger partial charge on any atom is -0.0351 e. The predicted octanol–water partition coefficient (Wildman–Crippen LogP) is 9.49. The molecule has 0 aromatic rings. The Balaban J connectivity index is 3.50. The van der Waals surface area contributed by atoms with Crippen LogP contribution < -0.4 is 0 Å². The van der Waals surface area contributed by atoms with Crippen LogP contribution >= 0.6 is 0 Å². The lowest BCUT2D eigenvalue weighted by atomic mass is 9.85. The molecule has 0 aliphatic heterocycles. The zero-order valence-corrected chi connectivity index (χ0v) is 18.3. The molecule has 0 bridgehead atoms. The Labute approximate surface area is 161 Å². The van der Waals surface area contributed by atoms with E-state index in [2.05, 4.69) is 39.8 Å². The van der Waals surface area contributed by atoms with Crippen molar-refractivity contribution in [3.63, 3.8) is 0 Å². The molecule has 0 aromatic carbocycles. The third kappa shape index (κ3) is 18.3. The Bertz CT molecular complexity index is 263. The fourth-order valence-corrected chi connectivity index (χ4v) is 3.78. The summed E-state index contributed by atoms with van der Waals surface area (Å²) < 4.78 is 0. The topological polar surface area (TPSA) is 0 Å². The van der Waals surface area contributed by atoms with Gasteiger partial charge in [0, 0.05) is 0 Å². The second kappa shape index (κ2) is 20.1. The lowest BCUT2D eigenvalue weighted by Gasteiger charge is -2.20. The third-order valence-electron chi connectivity index (χ3n) is 5.69. The van der Waals surface area contributed by atoms with E-state index in [0.29, 0.717) is 0 Å². The van der Waals surface area contributed by atoms with Crippen molar-refractivity contribution in [2.24, 2.45) is 11.8 Å². The van der Waals surface area contributed by atoms with E-state index in [1.165, 1.54) is 109 Å². The number of hydrogen-bond acceptors (Lipinski definition) is 0. The summed E-state index contributed by atoms with van der Waals surface area (Å²) in [5.74, 6) is 1.86. The van der Waals surface area contributed by atoms with Gasteiger partial charge in [-0.2, -0.15) is 0 Å². The molecule has 0 spiro atoms. The van der Waals surface area contributed by atoms with Crippen molar-refractivity contribution >= 4 is 0 Å². The van der Waals surface area contributed by atoms with Gasteiger partial charge in [-0.25, -0.2) is 0 Å². The molecule has 0 amide bonds. The standard InChI is InChI=1S/C25H50/c1-5-7-9-11-13-14-15-17-19-21-23-25(24(3)4)22-20-18-16-12-10-8-6-2/h9,11,24-25H,5-8,10,12-23H2,1-4H3/b11-9+. The fraction of sp³-hybridized carbons (Fsp3) is 0.920. The molecule has 0 aliphatic carbocycles. The maximum atomic E-state index is 2.44. The summed E-state index contributed by atoms with van der Waals surface area (Å²) in [6.07, 6.45) is 28.9. The van der Waals surface area contributed by atoms with Crippen molar-refractivity contribution in [1.82, 2.24) is 0 Å². The summed E-state index contributed by atoms with van der Waals surface area (Å²) in [4.78, 5) is 0. The SMILES string of the molecule is CCC/C=C/CCCCCCCC(CCCCCCCCC)C(C)C. The summed E-state index contributed by atoms with van der Waals surface area (Å²) in [7, 11) is 0. The van der Waals surface area contributed by atoms with Gasteiger partial charge in [0.25, 0.3) is 0 Å². The number of hydrogen-bond donors (Lipinski definition) is 0. The van der Waals surface area contributed by atoms with Crippen LogP contribution in [0.3, 0.4) is 0 Å². The second-order valence-electron chi connectivity index (χ2n) is 8.52. The van der Waals surface area contributed by atoms with Gasteiger partial charge in [-0.15, -0.1) is 0 Å². The first kappa shape index (κ1) is 24.7. The minimum absolute atomic E-state index is 0.879. The molecule has 0 N–H and O–H groups in total. The van der Waals surface area contributed by atoms with Gasteiger partial charge < -0.3 is 0 Å². The molecule has 1 unspecified atom stereocenters. The van der Waals surface area contributed by atoms with Gasteiger partial charge in [0.15, 0.2) is 0 Å². The van der Waals surface area contributed by atoms with Gasteiger partial charge in [0.2, 0.25) is 0 Å². The molecule has 150 valence electrons. The highest BCUT2D eigenvalue weighted by molar-refractivity contribution is 4.80. The van der Waals surface area contributed by atoms with E-state index in [9.17, 15) is 0 Å². The summed E-state index contributed by atoms with van der Waals surface area (Å²) in [6, 6.07) is 0. The predicted molar refractivity (Wildman–Crippen MR) is 117 cm³/mol. The second-order valence-corrected chi connectivity index (χ2v) is 8.52. The van der Waals surface area contributed by atoms with Crippen molar-refractivity contribution in [1.29, 1.82) is 0 Å². The normalized spacial score (nSPS) is 13.2. The average Bonchev–Trinajstić information content (AvgIpc) is 2.60. The quantitative estimate of drug-likeness (QED) is 0.161. The summed E-state index contributed by atoms with van der Waals surface area (Å²) in [6.45, 7) is 9.43. The van der Waals surface area contributed by atoms with Crippen molar-refractivity contribution in [2.45, 2.75) is 137 Å². The number of unbranched alkanes of at least 4 members (excludes halogenated alkanes) is 12. The van der Waals surface area contributed by atoms with Crippen LogP contribution in [0.15, 0.2) is 12.2 Å². The smallest absolute Gasteiger partial charge is 0.0351 e. The molecule has 0 heterocycles. The van der Waals surface area contributed by atoms with Gasteiger partial charge >= 0.3 is 0 Å². The average molecular weight is 351 g/mol. The van der Waals surface area contributed by atoms with E-state index in [0.717, 1.165) is 11.8 Å². The Kier molecular flexibility index (Phi) is 19.8. The highest BCUT2D eigenvalue weighted by atomic mass is 14.2. The lowest BCUT2D eigenvalue weighted by Crippen LogP contribution is -2.08. The molecule has 1 atom stereocenters. The Morgan fingerprint density at radius 1 is 0.520 bits per heavy atom. The highest BCUT2D eigenvalue weighted by Gasteiger charge is 2.12. The van der Waals surface area contributed by atoms with Crippen LogP contribution in [0.2, 0.25) is 0 Å². The van der Waals surface area contributed by atoms with Gasteiger partial charge in [0.1, 0.15) is 0 Å². The van der Waals surface area contributed by atoms with Gasteiger partial charge in [-0.3, -0.25) is 0 Å². The molecule has 0 radical (unpaired) electrons. The van der Waals surface area contributed by atoms with Crippen LogP contribution in [0.1, 0.15) is 137 Å². The highest BCUT2D eigenvalue weighted by Crippen LogP contribution is 2.25. The van der Waals surface area contributed by atoms with E-state index >= 15 is 0 Å². The largest absolute Gasteiger partial charge is 0.0885 e. The Morgan fingerprint density at radius 2 is 1.00 bits per heavy atom. The molecular weight excluding hydrogens is 300 g/mol. The zero-order valence-electron chi connectivity index (χ0n) is 18.3. The molecule has 0 fully saturated rings. The summed E-state index contributed by atoms with van der Waals surface area (Å²) in [5, 5.41) is 0. The van der Waals surface area contributed by atoms with Crippen LogP contribution in [0, 0.1) is 11.8 Å². The number of rotatable bonds is 19. The molecule has 0 aromatic heterocycles. The fourth-order valence-electron chi connectivity index (χ4n) is 3.78. The van der Waals surface area contributed by atoms with Crippen LogP contribution in [-0.4, -0.2) is 0 Å². The van der Waals surface area contributed by atoms with E-state index < -0.39 is 0 Å². The van der Waals surface area contributed by atoms with Crippen molar-refractivity contribution in [3.05, 3.63) is 12.2 Å². The van der Waals surface area contributed by atoms with Crippen LogP contribution in [0.5, 0.6) is 0 Å². The van der Waals surface area contributed by atoms with Gasteiger partial charge in [-0.1, -0.05) is 130 Å². The molecule has 0 heteroatoms. The first-order valence-corrected chi connectivity index (χ1v) is 11.9. The molecule has 0 aliphatic rings. The molecule has 25 heavy (non-hydrogen) atoms. The third-order valence-corrected chi connectivity index (χ3v) is 5.69. The zero-order chi connectivity index (χ0) is 18.6. The van der Waals surface area contributed by atoms with E-state index in [1.807, 2.05) is 0 Å². The van der Waals surface area contributed by atoms with Gasteiger partial charge in [-0.05, 0) is 31.1 Å². The van der Waals surface area contributed by atoms with E-state index in [4.69, 9.17) is 0 Å². The first-order valence-electron chi connectivity index (χ1n) is 11.9. The molecule has 0 saturated carbocycles. The Hall–Kier alpha value is -0.260. The van der Waals surface area contributed by atoms with Crippen LogP contribution in [0.25, 0.3) is 0 Å². The minimum Gasteiger partial charge on any atom is -0.0885 e. The minimum atomic E-state index is 0.879. The first-order chi connectivity index (χ1) is 12.2. The van der Waals surface area contributed by atoms with Crippen LogP contribution in [-0.2, 0) is 0 Å². The summed E-state index contributed by atoms with van der Waals surface area (Å²) >= 11 is 0. The maximum absolute atomic E-state index is 2.44. The van der Waals surface area contributed by atoms with Crippen molar-refractivity contribution in [3.8, 4) is 0 Å². The summed E-state index contributed by atoms with van der Waals surface area (Å²) in [5.41, 5.74) is 0. The Morgan fingerprint density at radius 3 is 1.52 bits per heavy atom.